The van der Waals surface area contributed by atoms with Crippen molar-refractivity contribution in [3.05, 3.63) is 24.6 Å². The molecule has 2 fully saturated rings. The van der Waals surface area contributed by atoms with Crippen LogP contribution in [0.2, 0.25) is 0 Å². The molecule has 0 aromatic carbocycles. The molecule has 3 unspecified atom stereocenters. The van der Waals surface area contributed by atoms with E-state index in [1.54, 1.807) is 6.26 Å². The first-order valence-electron chi connectivity index (χ1n) is 7.15. The van der Waals surface area contributed by atoms with E-state index in [2.05, 4.69) is 9.88 Å². The van der Waals surface area contributed by atoms with Gasteiger partial charge < -0.3 is 15.1 Å². The first-order chi connectivity index (χ1) is 9.33. The van der Waals surface area contributed by atoms with Gasteiger partial charge in [0.05, 0.1) is 11.6 Å². The summed E-state index contributed by atoms with van der Waals surface area (Å²) in [5.74, 6) is 2.44. The van der Waals surface area contributed by atoms with Crippen LogP contribution in [0.1, 0.15) is 19.3 Å². The fourth-order valence-electron chi connectivity index (χ4n) is 3.82. The molecule has 3 atom stereocenters. The lowest BCUT2D eigenvalue weighted by Gasteiger charge is -2.29. The third kappa shape index (κ3) is 1.74. The van der Waals surface area contributed by atoms with Crippen molar-refractivity contribution in [2.75, 3.05) is 18.0 Å². The number of rotatable bonds is 1. The van der Waals surface area contributed by atoms with Crippen LogP contribution in [-0.2, 0) is 0 Å². The maximum atomic E-state index is 6.29. The number of nitrogens with zero attached hydrogens (tertiary/aromatic N) is 2. The molecule has 3 heterocycles. The van der Waals surface area contributed by atoms with Crippen LogP contribution >= 0.6 is 0 Å². The number of furan rings is 1. The van der Waals surface area contributed by atoms with E-state index in [0.29, 0.717) is 12.0 Å². The van der Waals surface area contributed by atoms with Crippen molar-refractivity contribution in [2.45, 2.75) is 25.3 Å². The summed E-state index contributed by atoms with van der Waals surface area (Å²) in [4.78, 5) is 6.97. The van der Waals surface area contributed by atoms with Gasteiger partial charge in [-0.05, 0) is 36.8 Å². The maximum Gasteiger partial charge on any atom is 0.139 e. The van der Waals surface area contributed by atoms with Crippen LogP contribution in [0.25, 0.3) is 11.0 Å². The van der Waals surface area contributed by atoms with Gasteiger partial charge in [-0.3, -0.25) is 0 Å². The van der Waals surface area contributed by atoms with Crippen molar-refractivity contribution in [1.82, 2.24) is 4.98 Å². The predicted molar refractivity (Wildman–Crippen MR) is 75.0 cm³/mol. The number of anilines is 1. The van der Waals surface area contributed by atoms with E-state index >= 15 is 0 Å². The second kappa shape index (κ2) is 4.23. The van der Waals surface area contributed by atoms with Crippen molar-refractivity contribution in [1.29, 1.82) is 0 Å². The molecule has 0 bridgehead atoms. The van der Waals surface area contributed by atoms with Gasteiger partial charge in [0, 0.05) is 25.3 Å². The number of pyridine rings is 1. The first kappa shape index (κ1) is 11.3. The Labute approximate surface area is 112 Å². The van der Waals surface area contributed by atoms with Crippen molar-refractivity contribution >= 4 is 16.8 Å². The minimum atomic E-state index is 0.368. The highest BCUT2D eigenvalue weighted by molar-refractivity contribution is 5.88. The molecule has 19 heavy (non-hydrogen) atoms. The minimum absolute atomic E-state index is 0.368. The molecule has 1 saturated carbocycles. The van der Waals surface area contributed by atoms with E-state index < -0.39 is 0 Å². The zero-order chi connectivity index (χ0) is 12.8. The van der Waals surface area contributed by atoms with Crippen LogP contribution in [0, 0.1) is 11.8 Å². The van der Waals surface area contributed by atoms with Crippen LogP contribution in [-0.4, -0.2) is 24.1 Å². The average molecular weight is 257 g/mol. The van der Waals surface area contributed by atoms with E-state index in [1.165, 1.54) is 19.3 Å². The fourth-order valence-corrected chi connectivity index (χ4v) is 3.82. The molecular formula is C15H19N3O. The molecule has 0 radical (unpaired) electrons. The van der Waals surface area contributed by atoms with E-state index in [9.17, 15) is 0 Å². The quantitative estimate of drug-likeness (QED) is 0.852. The molecule has 4 nitrogen and oxygen atoms in total. The number of nitrogens with two attached hydrogens (primary N) is 1. The lowest BCUT2D eigenvalue weighted by Crippen LogP contribution is -2.38. The molecule has 1 aliphatic heterocycles. The highest BCUT2D eigenvalue weighted by Gasteiger charge is 2.39. The number of hydrogen-bond donors (Lipinski definition) is 1. The maximum absolute atomic E-state index is 6.29. The Bertz CT molecular complexity index is 594. The fraction of sp³-hybridized carbons (Fsp3) is 0.533. The van der Waals surface area contributed by atoms with E-state index in [0.717, 1.165) is 35.8 Å². The third-order valence-corrected chi connectivity index (χ3v) is 4.81. The largest absolute Gasteiger partial charge is 0.464 e. The van der Waals surface area contributed by atoms with E-state index in [4.69, 9.17) is 10.2 Å². The molecule has 2 aromatic heterocycles. The lowest BCUT2D eigenvalue weighted by molar-refractivity contribution is 0.260. The van der Waals surface area contributed by atoms with Gasteiger partial charge >= 0.3 is 0 Å². The Balaban J connectivity index is 1.68. The Kier molecular flexibility index (Phi) is 2.52. The van der Waals surface area contributed by atoms with Gasteiger partial charge in [-0.15, -0.1) is 0 Å². The second-order valence-corrected chi connectivity index (χ2v) is 5.89. The molecule has 0 amide bonds. The summed E-state index contributed by atoms with van der Waals surface area (Å²) in [6.45, 7) is 2.14. The molecule has 1 aliphatic carbocycles. The van der Waals surface area contributed by atoms with Crippen LogP contribution in [0.4, 0.5) is 5.82 Å². The van der Waals surface area contributed by atoms with Gasteiger partial charge in [0.25, 0.3) is 0 Å². The van der Waals surface area contributed by atoms with E-state index in [-0.39, 0.29) is 0 Å². The van der Waals surface area contributed by atoms with Gasteiger partial charge in [-0.25, -0.2) is 4.98 Å². The molecule has 4 rings (SSSR count). The van der Waals surface area contributed by atoms with Crippen LogP contribution in [0.15, 0.2) is 29.0 Å². The van der Waals surface area contributed by atoms with Gasteiger partial charge in [0.2, 0.25) is 0 Å². The Morgan fingerprint density at radius 2 is 2.21 bits per heavy atom. The summed E-state index contributed by atoms with van der Waals surface area (Å²) < 4.78 is 5.47. The van der Waals surface area contributed by atoms with Crippen LogP contribution in [0.3, 0.4) is 0 Å². The Morgan fingerprint density at radius 3 is 3.11 bits per heavy atom. The Hall–Kier alpha value is -1.55. The third-order valence-electron chi connectivity index (χ3n) is 4.81. The number of hydrogen-bond acceptors (Lipinski definition) is 4. The standard InChI is InChI=1S/C15H19N3O/c16-13-3-1-2-10-8-18(9-12(10)13)15-11-5-7-19-14(11)4-6-17-15/h4-7,10,12-13H,1-3,8-9,16H2. The molecule has 4 heteroatoms. The molecule has 2 aliphatic rings. The van der Waals surface area contributed by atoms with Gasteiger partial charge in [0.15, 0.2) is 0 Å². The molecular weight excluding hydrogens is 238 g/mol. The highest BCUT2D eigenvalue weighted by atomic mass is 16.3. The summed E-state index contributed by atoms with van der Waals surface area (Å²) in [5, 5.41) is 1.12. The van der Waals surface area contributed by atoms with Crippen LogP contribution < -0.4 is 10.6 Å². The summed E-state index contributed by atoms with van der Waals surface area (Å²) in [5.41, 5.74) is 7.21. The average Bonchev–Trinajstić information content (AvgIpc) is 3.05. The molecule has 100 valence electrons. The highest BCUT2D eigenvalue weighted by Crippen LogP contribution is 2.38. The number of aromatic nitrogens is 1. The minimum Gasteiger partial charge on any atom is -0.464 e. The summed E-state index contributed by atoms with van der Waals surface area (Å²) in [6.07, 6.45) is 7.35. The normalized spacial score (nSPS) is 30.8. The molecule has 0 spiro atoms. The Morgan fingerprint density at radius 1 is 1.26 bits per heavy atom. The van der Waals surface area contributed by atoms with Crippen LogP contribution in [0.5, 0.6) is 0 Å². The van der Waals surface area contributed by atoms with Crippen molar-refractivity contribution in [3.8, 4) is 0 Å². The predicted octanol–water partition coefficient (Wildman–Crippen LogP) is 2.39. The first-order valence-corrected chi connectivity index (χ1v) is 7.15. The summed E-state index contributed by atoms with van der Waals surface area (Å²) in [7, 11) is 0. The smallest absolute Gasteiger partial charge is 0.139 e. The van der Waals surface area contributed by atoms with Crippen molar-refractivity contribution < 1.29 is 4.42 Å². The zero-order valence-electron chi connectivity index (χ0n) is 11.0. The van der Waals surface area contributed by atoms with Gasteiger partial charge in [-0.1, -0.05) is 6.42 Å². The molecule has 2 aromatic rings. The lowest BCUT2D eigenvalue weighted by atomic mass is 9.78. The summed E-state index contributed by atoms with van der Waals surface area (Å²) >= 11 is 0. The molecule has 2 N–H and O–H groups in total. The van der Waals surface area contributed by atoms with Gasteiger partial charge in [0.1, 0.15) is 11.4 Å². The van der Waals surface area contributed by atoms with E-state index in [1.807, 2.05) is 18.3 Å². The molecule has 1 saturated heterocycles. The summed E-state index contributed by atoms with van der Waals surface area (Å²) in [6, 6.07) is 4.31. The topological polar surface area (TPSA) is 55.3 Å². The number of fused-ring (bicyclic) bond motifs is 2. The second-order valence-electron chi connectivity index (χ2n) is 5.89. The van der Waals surface area contributed by atoms with Crippen molar-refractivity contribution in [3.63, 3.8) is 0 Å². The zero-order valence-corrected chi connectivity index (χ0v) is 11.0. The van der Waals surface area contributed by atoms with Crippen molar-refractivity contribution in [2.24, 2.45) is 17.6 Å². The van der Waals surface area contributed by atoms with Gasteiger partial charge in [-0.2, -0.15) is 0 Å². The SMILES string of the molecule is NC1CCCC2CN(c3nccc4occc34)CC12. The monoisotopic (exact) mass is 257 g/mol.